The first-order valence-electron chi connectivity index (χ1n) is 15.9. The lowest BCUT2D eigenvalue weighted by molar-refractivity contribution is -0.191. The Hall–Kier alpha value is -2.91. The molecule has 2 aliphatic heterocycles. The maximum atomic E-state index is 13.4. The van der Waals surface area contributed by atoms with Crippen LogP contribution in [0.15, 0.2) is 36.4 Å². The molecule has 2 aromatic rings. The molecule has 2 N–H and O–H groups in total. The Labute approximate surface area is 270 Å². The fraction of sp³-hybridized carbons (Fsp3) is 0.588. The predicted octanol–water partition coefficient (Wildman–Crippen LogP) is 5.27. The summed E-state index contributed by atoms with van der Waals surface area (Å²) in [6.45, 7) is 7.47. The smallest absolute Gasteiger partial charge is 0.373 e. The van der Waals surface area contributed by atoms with Crippen molar-refractivity contribution in [2.75, 3.05) is 24.6 Å². The molecule has 6 rings (SSSR count). The number of benzene rings is 2. The van der Waals surface area contributed by atoms with Gasteiger partial charge < -0.3 is 14.7 Å². The normalized spacial score (nSPS) is 32.6. The van der Waals surface area contributed by atoms with Crippen LogP contribution in [0.25, 0.3) is 0 Å². The third-order valence-electron chi connectivity index (χ3n) is 10.8. The number of carbonyl (C=O) groups is 1. The van der Waals surface area contributed by atoms with E-state index in [1.165, 1.54) is 11.1 Å². The zero-order chi connectivity index (χ0) is 32.6. The number of rotatable bonds is 0. The molecule has 244 valence electrons. The minimum absolute atomic E-state index is 0.156. The minimum atomic E-state index is -3.89. The van der Waals surface area contributed by atoms with Gasteiger partial charge in [-0.3, -0.25) is 4.79 Å². The number of aliphatic hydroxyl groups is 1. The zero-order valence-electron chi connectivity index (χ0n) is 26.2. The minimum Gasteiger partial charge on any atom is -0.490 e. The van der Waals surface area contributed by atoms with Crippen molar-refractivity contribution in [3.8, 4) is 5.75 Å². The van der Waals surface area contributed by atoms with E-state index in [9.17, 15) is 18.3 Å². The van der Waals surface area contributed by atoms with Gasteiger partial charge in [0, 0.05) is 29.1 Å². The van der Waals surface area contributed by atoms with Crippen LogP contribution < -0.4 is 14.4 Å². The van der Waals surface area contributed by atoms with Crippen molar-refractivity contribution in [2.45, 2.75) is 88.4 Å². The molecule has 2 bridgehead atoms. The fourth-order valence-corrected chi connectivity index (χ4v) is 9.44. The fourth-order valence-electron chi connectivity index (χ4n) is 7.93. The summed E-state index contributed by atoms with van der Waals surface area (Å²) >= 11 is 6.40. The van der Waals surface area contributed by atoms with E-state index < -0.39 is 26.8 Å². The second-order valence-electron chi connectivity index (χ2n) is 13.7. The van der Waals surface area contributed by atoms with E-state index in [-0.39, 0.29) is 23.4 Å². The first-order chi connectivity index (χ1) is 21.3. The lowest BCUT2D eigenvalue weighted by Crippen LogP contribution is -2.52. The summed E-state index contributed by atoms with van der Waals surface area (Å²) in [5.74, 6) is 0.382. The van der Waals surface area contributed by atoms with Gasteiger partial charge in [0.1, 0.15) is 5.75 Å². The highest BCUT2D eigenvalue weighted by atomic mass is 35.5. The molecule has 0 aromatic heterocycles. The Balaban J connectivity index is 0.00000128. The van der Waals surface area contributed by atoms with Gasteiger partial charge in [-0.2, -0.15) is 9.59 Å². The maximum Gasteiger partial charge on any atom is 0.373 e. The lowest BCUT2D eigenvalue weighted by atomic mass is 9.63. The third-order valence-corrected chi connectivity index (χ3v) is 13.0. The Morgan fingerprint density at radius 1 is 1.07 bits per heavy atom. The molecule has 2 aromatic carbocycles. The SMILES string of the molecule is C[C@@H]1[C@@H](C)CCC[C@](C)(O)[C@@H]2CC[C@H]2CN2C[C@@]3(CCCc4cc(Cl)ccc43)COc3ccc(cc32)C(=O)NS1(=O)=O.O=C=O. The number of anilines is 1. The van der Waals surface area contributed by atoms with Crippen molar-refractivity contribution in [2.24, 2.45) is 17.8 Å². The molecule has 0 unspecified atom stereocenters. The number of halogens is 1. The first-order valence-corrected chi connectivity index (χ1v) is 17.8. The summed E-state index contributed by atoms with van der Waals surface area (Å²) in [4.78, 5) is 32.0. The maximum absolute atomic E-state index is 13.4. The summed E-state index contributed by atoms with van der Waals surface area (Å²) in [5, 5.41) is 11.7. The second-order valence-corrected chi connectivity index (χ2v) is 16.2. The third kappa shape index (κ3) is 6.80. The molecule has 2 heterocycles. The largest absolute Gasteiger partial charge is 0.490 e. The van der Waals surface area contributed by atoms with Crippen LogP contribution in [0.5, 0.6) is 5.75 Å². The molecule has 11 heteroatoms. The molecule has 0 saturated heterocycles. The number of sulfonamides is 1. The van der Waals surface area contributed by atoms with E-state index in [1.807, 2.05) is 19.9 Å². The average Bonchev–Trinajstić information content (AvgIpc) is 3.11. The Morgan fingerprint density at radius 3 is 2.53 bits per heavy atom. The van der Waals surface area contributed by atoms with E-state index in [1.54, 1.807) is 25.1 Å². The van der Waals surface area contributed by atoms with Crippen LogP contribution in [0.1, 0.15) is 87.2 Å². The molecule has 0 radical (unpaired) electrons. The monoisotopic (exact) mass is 658 g/mol. The zero-order valence-corrected chi connectivity index (χ0v) is 27.8. The molecule has 2 aliphatic carbocycles. The number of nitrogens with zero attached hydrogens (tertiary/aromatic N) is 1. The number of fused-ring (bicyclic) bond motifs is 4. The highest BCUT2D eigenvalue weighted by Crippen LogP contribution is 2.48. The van der Waals surface area contributed by atoms with E-state index in [4.69, 9.17) is 25.9 Å². The van der Waals surface area contributed by atoms with Crippen LogP contribution in [0.2, 0.25) is 5.02 Å². The quantitative estimate of drug-likeness (QED) is 0.391. The number of hydrogen-bond donors (Lipinski definition) is 2. The van der Waals surface area contributed by atoms with Crippen molar-refractivity contribution < 1.29 is 32.6 Å². The van der Waals surface area contributed by atoms with E-state index in [2.05, 4.69) is 21.8 Å². The Morgan fingerprint density at radius 2 is 1.82 bits per heavy atom. The molecule has 45 heavy (non-hydrogen) atoms. The topological polar surface area (TPSA) is 130 Å². The highest BCUT2D eigenvalue weighted by molar-refractivity contribution is 7.90. The average molecular weight is 659 g/mol. The lowest BCUT2D eigenvalue weighted by Gasteiger charge is -2.49. The Kier molecular flexibility index (Phi) is 9.71. The summed E-state index contributed by atoms with van der Waals surface area (Å²) in [6, 6.07) is 11.4. The number of nitrogens with one attached hydrogen (secondary N) is 1. The number of aryl methyl sites for hydroxylation is 1. The number of hydrogen-bond acceptors (Lipinski definition) is 8. The van der Waals surface area contributed by atoms with Crippen molar-refractivity contribution >= 4 is 39.4 Å². The van der Waals surface area contributed by atoms with Crippen molar-refractivity contribution in [1.29, 1.82) is 0 Å². The van der Waals surface area contributed by atoms with Gasteiger partial charge in [0.25, 0.3) is 5.91 Å². The molecule has 1 amide bonds. The van der Waals surface area contributed by atoms with Gasteiger partial charge in [0.2, 0.25) is 10.0 Å². The molecular formula is C34H43ClN2O7S. The molecule has 6 atom stereocenters. The Bertz CT molecular complexity index is 1570. The van der Waals surface area contributed by atoms with Crippen LogP contribution >= 0.6 is 11.6 Å². The van der Waals surface area contributed by atoms with Gasteiger partial charge in [-0.1, -0.05) is 31.0 Å². The van der Waals surface area contributed by atoms with Gasteiger partial charge >= 0.3 is 6.15 Å². The molecule has 1 saturated carbocycles. The van der Waals surface area contributed by atoms with Gasteiger partial charge in [-0.25, -0.2) is 13.1 Å². The number of carbonyl (C=O) groups excluding carboxylic acids is 3. The van der Waals surface area contributed by atoms with Gasteiger partial charge in [-0.15, -0.1) is 0 Å². The summed E-state index contributed by atoms with van der Waals surface area (Å²) in [6.07, 6.45) is 7.27. The second kappa shape index (κ2) is 13.1. The van der Waals surface area contributed by atoms with Crippen LogP contribution in [0.3, 0.4) is 0 Å². The summed E-state index contributed by atoms with van der Waals surface area (Å²) in [5.41, 5.74) is 2.54. The number of ether oxygens (including phenoxy) is 1. The van der Waals surface area contributed by atoms with Gasteiger partial charge in [-0.05, 0) is 118 Å². The number of amides is 1. The molecular weight excluding hydrogens is 616 g/mol. The standard InChI is InChI=1S/C33H43ClN2O5S.CO2/c1-21-6-4-14-32(3,38)27-11-8-25(27)18-36-19-33(15-5-7-23-16-26(34)10-12-28(23)33)20-41-30-13-9-24(17-29(30)36)31(37)35-42(39,40)22(21)2;2-1-3/h9-10,12-13,16-17,21-22,25,27,38H,4-8,11,14-15,18-20H2,1-3H3,(H,35,37);/t21-,22+,25-,27+,32-,33-;/m0./s1. The first kappa shape index (κ1) is 33.5. The van der Waals surface area contributed by atoms with E-state index in [0.717, 1.165) is 55.8 Å². The van der Waals surface area contributed by atoms with Gasteiger partial charge in [0.15, 0.2) is 0 Å². The van der Waals surface area contributed by atoms with Crippen molar-refractivity contribution in [1.82, 2.24) is 4.72 Å². The van der Waals surface area contributed by atoms with Gasteiger partial charge in [0.05, 0.1) is 23.1 Å². The summed E-state index contributed by atoms with van der Waals surface area (Å²) < 4.78 is 35.3. The molecule has 1 spiro atoms. The summed E-state index contributed by atoms with van der Waals surface area (Å²) in [7, 11) is -3.89. The predicted molar refractivity (Wildman–Crippen MR) is 171 cm³/mol. The highest BCUT2D eigenvalue weighted by Gasteiger charge is 2.47. The van der Waals surface area contributed by atoms with Crippen molar-refractivity contribution in [3.05, 3.63) is 58.1 Å². The van der Waals surface area contributed by atoms with Crippen LogP contribution in [-0.4, -0.2) is 56.1 Å². The molecule has 9 nitrogen and oxygen atoms in total. The van der Waals surface area contributed by atoms with Crippen molar-refractivity contribution in [3.63, 3.8) is 0 Å². The molecule has 4 aliphatic rings. The van der Waals surface area contributed by atoms with Crippen LogP contribution in [0.4, 0.5) is 5.69 Å². The molecule has 1 fully saturated rings. The van der Waals surface area contributed by atoms with Crippen LogP contribution in [0, 0.1) is 17.8 Å². The van der Waals surface area contributed by atoms with E-state index >= 15 is 0 Å². The van der Waals surface area contributed by atoms with E-state index in [0.29, 0.717) is 43.2 Å². The van der Waals surface area contributed by atoms with Crippen LogP contribution in [-0.2, 0) is 31.4 Å².